The van der Waals surface area contributed by atoms with Gasteiger partial charge in [-0.05, 0) is 19.3 Å². The average molecular weight is 278 g/mol. The molecule has 0 aromatic carbocycles. The van der Waals surface area contributed by atoms with E-state index in [9.17, 15) is 18.0 Å². The van der Waals surface area contributed by atoms with E-state index in [-0.39, 0.29) is 12.3 Å². The lowest BCUT2D eigenvalue weighted by Gasteiger charge is -2.39. The van der Waals surface area contributed by atoms with Gasteiger partial charge in [-0.25, -0.2) is 18.0 Å². The molecule has 7 nitrogen and oxygen atoms in total. The predicted molar refractivity (Wildman–Crippen MR) is 65.1 cm³/mol. The van der Waals surface area contributed by atoms with Crippen LogP contribution in [0.4, 0.5) is 4.79 Å². The number of nitrogens with zero attached hydrogens (tertiary/aromatic N) is 1. The van der Waals surface area contributed by atoms with Gasteiger partial charge in [0.25, 0.3) is 0 Å². The minimum atomic E-state index is -3.14. The third kappa shape index (κ3) is 3.59. The Morgan fingerprint density at radius 3 is 2.28 bits per heavy atom. The van der Waals surface area contributed by atoms with Gasteiger partial charge in [-0.3, -0.25) is 0 Å². The van der Waals surface area contributed by atoms with E-state index in [2.05, 4.69) is 5.32 Å². The topological polar surface area (TPSA) is 104 Å². The van der Waals surface area contributed by atoms with Crippen LogP contribution in [-0.2, 0) is 14.6 Å². The molecule has 0 aromatic heterocycles. The van der Waals surface area contributed by atoms with Crippen molar-refractivity contribution in [3.63, 3.8) is 0 Å². The molecule has 0 aliphatic heterocycles. The zero-order valence-electron chi connectivity index (χ0n) is 10.5. The van der Waals surface area contributed by atoms with E-state index in [1.54, 1.807) is 0 Å². The Bertz CT molecular complexity index is 441. The maximum absolute atomic E-state index is 11.7. The van der Waals surface area contributed by atoms with Crippen LogP contribution in [0.25, 0.3) is 0 Å². The van der Waals surface area contributed by atoms with Gasteiger partial charge >= 0.3 is 12.0 Å². The molecule has 0 unspecified atom stereocenters. The first kappa shape index (κ1) is 14.7. The summed E-state index contributed by atoms with van der Waals surface area (Å²) in [6.45, 7) is 0.0420. The van der Waals surface area contributed by atoms with Crippen molar-refractivity contribution in [1.29, 1.82) is 0 Å². The summed E-state index contributed by atoms with van der Waals surface area (Å²) in [7, 11) is -1.70. The summed E-state index contributed by atoms with van der Waals surface area (Å²) in [5.41, 5.74) is -1.17. The largest absolute Gasteiger partial charge is 0.480 e. The quantitative estimate of drug-likeness (QED) is 0.717. The van der Waals surface area contributed by atoms with Gasteiger partial charge in [0.1, 0.15) is 15.4 Å². The van der Waals surface area contributed by atoms with Gasteiger partial charge in [-0.2, -0.15) is 0 Å². The van der Waals surface area contributed by atoms with Gasteiger partial charge in [-0.1, -0.05) is 0 Å². The van der Waals surface area contributed by atoms with E-state index in [4.69, 9.17) is 5.11 Å². The van der Waals surface area contributed by atoms with Crippen molar-refractivity contribution < 1.29 is 23.1 Å². The van der Waals surface area contributed by atoms with Crippen molar-refractivity contribution >= 4 is 21.8 Å². The lowest BCUT2D eigenvalue weighted by Crippen LogP contribution is -2.61. The van der Waals surface area contributed by atoms with Gasteiger partial charge in [0.05, 0.1) is 5.75 Å². The maximum atomic E-state index is 11.7. The minimum absolute atomic E-state index is 0.0420. The highest BCUT2D eigenvalue weighted by Crippen LogP contribution is 2.32. The molecule has 8 heteroatoms. The first-order valence-corrected chi connectivity index (χ1v) is 7.67. The Morgan fingerprint density at radius 1 is 1.39 bits per heavy atom. The fourth-order valence-electron chi connectivity index (χ4n) is 1.63. The number of urea groups is 1. The highest BCUT2D eigenvalue weighted by atomic mass is 32.2. The molecule has 2 amide bonds. The molecule has 104 valence electrons. The van der Waals surface area contributed by atoms with E-state index in [0.29, 0.717) is 12.8 Å². The van der Waals surface area contributed by atoms with Crippen LogP contribution in [0.2, 0.25) is 0 Å². The van der Waals surface area contributed by atoms with Crippen molar-refractivity contribution in [2.75, 3.05) is 25.6 Å². The highest BCUT2D eigenvalue weighted by molar-refractivity contribution is 7.90. The number of hydrogen-bond donors (Lipinski definition) is 2. The average Bonchev–Trinajstić information content (AvgIpc) is 2.17. The first-order chi connectivity index (χ1) is 8.16. The first-order valence-electron chi connectivity index (χ1n) is 5.61. The number of carboxylic acid groups (broad SMARTS) is 1. The molecular weight excluding hydrogens is 260 g/mol. The molecule has 0 radical (unpaired) electrons. The molecule has 0 heterocycles. The summed E-state index contributed by atoms with van der Waals surface area (Å²) in [5, 5.41) is 11.5. The molecule has 0 saturated heterocycles. The number of carbonyl (C=O) groups excluding carboxylic acids is 1. The third-order valence-electron chi connectivity index (χ3n) is 3.11. The fourth-order valence-corrected chi connectivity index (χ4v) is 2.23. The Labute approximate surface area is 106 Å². The van der Waals surface area contributed by atoms with Crippen LogP contribution < -0.4 is 5.32 Å². The standard InChI is InChI=1S/C10H18N2O5S/c1-12(6-7-18(2,16)17)9(15)11-10(8(13)14)4-3-5-10/h3-7H2,1-2H3,(H,11,15)(H,13,14). The zero-order chi connectivity index (χ0) is 14.0. The molecule has 1 aliphatic rings. The molecule has 0 aromatic rings. The van der Waals surface area contributed by atoms with E-state index in [0.717, 1.165) is 12.7 Å². The van der Waals surface area contributed by atoms with E-state index in [1.165, 1.54) is 11.9 Å². The Morgan fingerprint density at radius 2 is 1.94 bits per heavy atom. The summed E-state index contributed by atoms with van der Waals surface area (Å²) in [6.07, 6.45) is 2.67. The summed E-state index contributed by atoms with van der Waals surface area (Å²) >= 11 is 0. The monoisotopic (exact) mass is 278 g/mol. The highest BCUT2D eigenvalue weighted by Gasteiger charge is 2.46. The molecule has 0 spiro atoms. The molecule has 1 aliphatic carbocycles. The summed E-state index contributed by atoms with van der Waals surface area (Å²) in [5.74, 6) is -1.18. The van der Waals surface area contributed by atoms with Crippen LogP contribution in [0.15, 0.2) is 0 Å². The molecule has 1 fully saturated rings. The third-order valence-corrected chi connectivity index (χ3v) is 4.03. The fraction of sp³-hybridized carbons (Fsp3) is 0.800. The van der Waals surface area contributed by atoms with Gasteiger partial charge in [-0.15, -0.1) is 0 Å². The molecular formula is C10H18N2O5S. The maximum Gasteiger partial charge on any atom is 0.329 e. The van der Waals surface area contributed by atoms with Gasteiger partial charge in [0.15, 0.2) is 0 Å². The zero-order valence-corrected chi connectivity index (χ0v) is 11.3. The summed E-state index contributed by atoms with van der Waals surface area (Å²) < 4.78 is 21.9. The molecule has 2 N–H and O–H groups in total. The van der Waals surface area contributed by atoms with Gasteiger partial charge in [0, 0.05) is 19.8 Å². The van der Waals surface area contributed by atoms with Crippen molar-refractivity contribution in [3.8, 4) is 0 Å². The number of nitrogens with one attached hydrogen (secondary N) is 1. The Hall–Kier alpha value is -1.31. The van der Waals surface area contributed by atoms with Crippen LogP contribution in [0, 0.1) is 0 Å². The van der Waals surface area contributed by atoms with Crippen molar-refractivity contribution in [2.45, 2.75) is 24.8 Å². The number of carboxylic acids is 1. The predicted octanol–water partition coefficient (Wildman–Crippen LogP) is -0.320. The van der Waals surface area contributed by atoms with E-state index >= 15 is 0 Å². The number of carbonyl (C=O) groups is 2. The smallest absolute Gasteiger partial charge is 0.329 e. The van der Waals surface area contributed by atoms with Crippen LogP contribution in [0.1, 0.15) is 19.3 Å². The second-order valence-electron chi connectivity index (χ2n) is 4.72. The summed E-state index contributed by atoms with van der Waals surface area (Å²) in [4.78, 5) is 24.0. The van der Waals surface area contributed by atoms with Gasteiger partial charge in [0.2, 0.25) is 0 Å². The minimum Gasteiger partial charge on any atom is -0.480 e. The summed E-state index contributed by atoms with van der Waals surface area (Å²) in [6, 6.07) is -0.555. The van der Waals surface area contributed by atoms with Crippen molar-refractivity contribution in [2.24, 2.45) is 0 Å². The van der Waals surface area contributed by atoms with Crippen molar-refractivity contribution in [1.82, 2.24) is 10.2 Å². The molecule has 0 atom stereocenters. The Kier molecular flexibility index (Phi) is 4.20. The second kappa shape index (κ2) is 5.13. The molecule has 1 rings (SSSR count). The van der Waals surface area contributed by atoms with E-state index in [1.807, 2.05) is 0 Å². The van der Waals surface area contributed by atoms with E-state index < -0.39 is 27.4 Å². The van der Waals surface area contributed by atoms with Crippen molar-refractivity contribution in [3.05, 3.63) is 0 Å². The SMILES string of the molecule is CN(CCS(C)(=O)=O)C(=O)NC1(C(=O)O)CCC1. The number of rotatable bonds is 5. The normalized spacial score (nSPS) is 17.7. The number of amides is 2. The van der Waals surface area contributed by atoms with Crippen LogP contribution in [0.3, 0.4) is 0 Å². The number of aliphatic carboxylic acids is 1. The number of hydrogen-bond acceptors (Lipinski definition) is 4. The van der Waals surface area contributed by atoms with Crippen LogP contribution >= 0.6 is 0 Å². The lowest BCUT2D eigenvalue weighted by molar-refractivity contribution is -0.148. The molecule has 18 heavy (non-hydrogen) atoms. The Balaban J connectivity index is 2.52. The van der Waals surface area contributed by atoms with Crippen LogP contribution in [-0.4, -0.2) is 61.6 Å². The number of sulfone groups is 1. The lowest BCUT2D eigenvalue weighted by atomic mass is 9.77. The molecule has 0 bridgehead atoms. The second-order valence-corrected chi connectivity index (χ2v) is 6.98. The van der Waals surface area contributed by atoms with Crippen LogP contribution in [0.5, 0.6) is 0 Å². The molecule has 1 saturated carbocycles. The van der Waals surface area contributed by atoms with Gasteiger partial charge < -0.3 is 15.3 Å².